The van der Waals surface area contributed by atoms with Gasteiger partial charge in [0, 0.05) is 23.9 Å². The molecule has 4 aromatic rings. The number of non-ortho nitro benzene ring substituents is 1. The summed E-state index contributed by atoms with van der Waals surface area (Å²) in [5, 5.41) is 14.7. The first-order chi connectivity index (χ1) is 13.8. The third kappa shape index (κ3) is 3.38. The Balaban J connectivity index is 1.98. The number of nitro groups is 1. The maximum absolute atomic E-state index is 12.6. The van der Waals surface area contributed by atoms with Crippen molar-refractivity contribution in [3.05, 3.63) is 86.0 Å². The van der Waals surface area contributed by atoms with Gasteiger partial charge >= 0.3 is 5.63 Å². The molecule has 0 spiro atoms. The Kier molecular flexibility index (Phi) is 4.43. The summed E-state index contributed by atoms with van der Waals surface area (Å²) in [6.45, 7) is 5.62. The average Bonchev–Trinajstić information content (AvgIpc) is 3.02. The van der Waals surface area contributed by atoms with E-state index in [4.69, 9.17) is 8.83 Å². The first kappa shape index (κ1) is 18.5. The average molecular weight is 390 g/mol. The number of hydrogen-bond acceptors (Lipinski definition) is 6. The zero-order valence-corrected chi connectivity index (χ0v) is 16.1. The summed E-state index contributed by atoms with van der Waals surface area (Å²) in [7, 11) is 0. The number of nitrogens with zero attached hydrogens (tertiary/aromatic N) is 1. The number of fused-ring (bicyclic) bond motifs is 1. The second kappa shape index (κ2) is 6.94. The van der Waals surface area contributed by atoms with Crippen molar-refractivity contribution in [3.8, 4) is 11.1 Å². The molecule has 0 atom stereocenters. The van der Waals surface area contributed by atoms with Crippen molar-refractivity contribution in [2.24, 2.45) is 0 Å². The van der Waals surface area contributed by atoms with Crippen molar-refractivity contribution in [2.75, 3.05) is 5.32 Å². The highest BCUT2D eigenvalue weighted by Gasteiger charge is 2.22. The van der Waals surface area contributed by atoms with Crippen LogP contribution in [0.3, 0.4) is 0 Å². The fraction of sp³-hybridized carbons (Fsp3) is 0.136. The molecule has 2 aromatic carbocycles. The molecule has 0 saturated carbocycles. The van der Waals surface area contributed by atoms with Crippen LogP contribution in [0.1, 0.15) is 16.9 Å². The summed E-state index contributed by atoms with van der Waals surface area (Å²) >= 11 is 0. The zero-order valence-electron chi connectivity index (χ0n) is 16.1. The third-order valence-corrected chi connectivity index (χ3v) is 4.70. The molecule has 2 aromatic heterocycles. The van der Waals surface area contributed by atoms with Crippen LogP contribution in [0.2, 0.25) is 0 Å². The SMILES string of the molecule is Cc1ccc(Nc2oc3cc(C)oc(=O)c3c2-c2cccc([N+](=O)[O-])c2)c(C)c1. The highest BCUT2D eigenvalue weighted by atomic mass is 16.6. The van der Waals surface area contributed by atoms with Crippen LogP contribution in [0.5, 0.6) is 0 Å². The molecular formula is C22H18N2O5. The molecule has 0 aliphatic heterocycles. The van der Waals surface area contributed by atoms with Crippen LogP contribution in [0.4, 0.5) is 17.3 Å². The highest BCUT2D eigenvalue weighted by Crippen LogP contribution is 2.40. The van der Waals surface area contributed by atoms with Gasteiger partial charge in [-0.1, -0.05) is 29.8 Å². The smallest absolute Gasteiger partial charge is 0.347 e. The first-order valence-corrected chi connectivity index (χ1v) is 9.00. The number of anilines is 2. The van der Waals surface area contributed by atoms with Crippen LogP contribution < -0.4 is 10.9 Å². The van der Waals surface area contributed by atoms with Crippen LogP contribution in [-0.4, -0.2) is 4.92 Å². The molecule has 0 fully saturated rings. The predicted molar refractivity (Wildman–Crippen MR) is 111 cm³/mol. The minimum atomic E-state index is -0.557. The number of furan rings is 1. The van der Waals surface area contributed by atoms with Gasteiger partial charge in [-0.25, -0.2) is 4.79 Å². The molecule has 0 aliphatic rings. The summed E-state index contributed by atoms with van der Waals surface area (Å²) in [5.41, 5.74) is 3.56. The summed E-state index contributed by atoms with van der Waals surface area (Å²) in [6, 6.07) is 13.6. The van der Waals surface area contributed by atoms with E-state index < -0.39 is 10.5 Å². The van der Waals surface area contributed by atoms with Gasteiger partial charge in [-0.15, -0.1) is 0 Å². The van der Waals surface area contributed by atoms with Gasteiger partial charge in [0.25, 0.3) is 5.69 Å². The minimum Gasteiger partial charge on any atom is -0.439 e. The van der Waals surface area contributed by atoms with Crippen LogP contribution in [-0.2, 0) is 0 Å². The molecule has 7 nitrogen and oxygen atoms in total. The van der Waals surface area contributed by atoms with Crippen molar-refractivity contribution in [1.82, 2.24) is 0 Å². The lowest BCUT2D eigenvalue weighted by Crippen LogP contribution is -2.01. The fourth-order valence-corrected chi connectivity index (χ4v) is 3.38. The predicted octanol–water partition coefficient (Wildman–Crippen LogP) is 5.63. The van der Waals surface area contributed by atoms with E-state index in [0.29, 0.717) is 28.4 Å². The van der Waals surface area contributed by atoms with Crippen LogP contribution in [0.25, 0.3) is 22.1 Å². The molecule has 0 bridgehead atoms. The Morgan fingerprint density at radius 1 is 1.00 bits per heavy atom. The van der Waals surface area contributed by atoms with Crippen LogP contribution in [0.15, 0.2) is 62.2 Å². The molecule has 0 aliphatic carbocycles. The van der Waals surface area contributed by atoms with Crippen molar-refractivity contribution in [1.29, 1.82) is 0 Å². The van der Waals surface area contributed by atoms with Gasteiger partial charge in [-0.3, -0.25) is 10.1 Å². The van der Waals surface area contributed by atoms with E-state index in [1.165, 1.54) is 12.1 Å². The van der Waals surface area contributed by atoms with E-state index in [9.17, 15) is 14.9 Å². The number of aryl methyl sites for hydroxylation is 3. The Morgan fingerprint density at radius 3 is 2.52 bits per heavy atom. The molecule has 0 radical (unpaired) electrons. The van der Waals surface area contributed by atoms with Gasteiger partial charge in [0.15, 0.2) is 0 Å². The number of benzene rings is 2. The van der Waals surface area contributed by atoms with Crippen molar-refractivity contribution in [2.45, 2.75) is 20.8 Å². The van der Waals surface area contributed by atoms with E-state index in [0.717, 1.165) is 16.8 Å². The van der Waals surface area contributed by atoms with Crippen molar-refractivity contribution >= 4 is 28.2 Å². The van der Waals surface area contributed by atoms with Gasteiger partial charge in [-0.05, 0) is 38.0 Å². The minimum absolute atomic E-state index is 0.0779. The zero-order chi connectivity index (χ0) is 20.7. The molecule has 4 rings (SSSR count). The molecule has 7 heteroatoms. The van der Waals surface area contributed by atoms with Crippen LogP contribution >= 0.6 is 0 Å². The summed E-state index contributed by atoms with van der Waals surface area (Å²) in [6.07, 6.45) is 0. The van der Waals surface area contributed by atoms with E-state index in [1.54, 1.807) is 25.1 Å². The fourth-order valence-electron chi connectivity index (χ4n) is 3.38. The van der Waals surface area contributed by atoms with Gasteiger partial charge < -0.3 is 14.2 Å². The standard InChI is InChI=1S/C22H18N2O5/c1-12-7-8-17(13(2)9-12)23-21-19(15-5-4-6-16(11-15)24(26)27)20-18(29-21)10-14(3)28-22(20)25/h4-11,23H,1-3H3. The van der Waals surface area contributed by atoms with Gasteiger partial charge in [0.05, 0.1) is 10.5 Å². The molecule has 0 amide bonds. The first-order valence-electron chi connectivity index (χ1n) is 9.00. The molecule has 2 heterocycles. The molecule has 29 heavy (non-hydrogen) atoms. The van der Waals surface area contributed by atoms with Gasteiger partial charge in [0.2, 0.25) is 5.88 Å². The number of rotatable bonds is 4. The Morgan fingerprint density at radius 2 is 1.79 bits per heavy atom. The Bertz CT molecular complexity index is 1320. The monoisotopic (exact) mass is 390 g/mol. The second-order valence-corrected chi connectivity index (χ2v) is 6.94. The van der Waals surface area contributed by atoms with Crippen molar-refractivity contribution < 1.29 is 13.8 Å². The number of nitrogens with one attached hydrogen (secondary N) is 1. The third-order valence-electron chi connectivity index (χ3n) is 4.70. The number of hydrogen-bond donors (Lipinski definition) is 1. The molecule has 1 N–H and O–H groups in total. The van der Waals surface area contributed by atoms with E-state index in [-0.39, 0.29) is 11.1 Å². The number of nitro benzene ring substituents is 1. The lowest BCUT2D eigenvalue weighted by molar-refractivity contribution is -0.384. The van der Waals surface area contributed by atoms with Crippen LogP contribution in [0, 0.1) is 30.9 Å². The summed E-state index contributed by atoms with van der Waals surface area (Å²) in [5.74, 6) is 0.741. The van der Waals surface area contributed by atoms with E-state index >= 15 is 0 Å². The second-order valence-electron chi connectivity index (χ2n) is 6.94. The lowest BCUT2D eigenvalue weighted by Gasteiger charge is -2.10. The maximum Gasteiger partial charge on any atom is 0.347 e. The quantitative estimate of drug-likeness (QED) is 0.358. The molecular weight excluding hydrogens is 372 g/mol. The summed E-state index contributed by atoms with van der Waals surface area (Å²) < 4.78 is 11.2. The normalized spacial score (nSPS) is 11.0. The van der Waals surface area contributed by atoms with Gasteiger partial charge in [-0.2, -0.15) is 0 Å². The van der Waals surface area contributed by atoms with E-state index in [1.807, 2.05) is 32.0 Å². The molecule has 146 valence electrons. The topological polar surface area (TPSA) is 98.5 Å². The largest absolute Gasteiger partial charge is 0.439 e. The molecule has 0 unspecified atom stereocenters. The maximum atomic E-state index is 12.6. The Hall–Kier alpha value is -3.87. The van der Waals surface area contributed by atoms with E-state index in [2.05, 4.69) is 5.32 Å². The summed E-state index contributed by atoms with van der Waals surface area (Å²) in [4.78, 5) is 23.4. The van der Waals surface area contributed by atoms with Gasteiger partial charge in [0.1, 0.15) is 16.7 Å². The molecule has 0 saturated heterocycles. The Labute approximate surface area is 165 Å². The highest BCUT2D eigenvalue weighted by molar-refractivity contribution is 6.00. The lowest BCUT2D eigenvalue weighted by atomic mass is 10.0. The van der Waals surface area contributed by atoms with Crippen molar-refractivity contribution in [3.63, 3.8) is 0 Å².